The van der Waals surface area contributed by atoms with Gasteiger partial charge in [0.05, 0.1) is 6.10 Å². The van der Waals surface area contributed by atoms with Crippen LogP contribution in [0.25, 0.3) is 10.8 Å². The fraction of sp³-hybridized carbons (Fsp3) is 0.358. The van der Waals surface area contributed by atoms with Crippen molar-refractivity contribution in [2.75, 3.05) is 0 Å². The largest absolute Gasteiger partial charge is 0.490 e. The smallest absolute Gasteiger partial charge is 0.125 e. The highest BCUT2D eigenvalue weighted by atomic mass is 16.5. The molecule has 0 aliphatic heterocycles. The Morgan fingerprint density at radius 2 is 0.783 bits per heavy atom. The Morgan fingerprint density at radius 3 is 1.12 bits per heavy atom. The van der Waals surface area contributed by atoms with Crippen molar-refractivity contribution in [3.8, 4) is 5.75 Å². The van der Waals surface area contributed by atoms with Crippen LogP contribution in [0.4, 0.5) is 17.1 Å². The normalized spacial score (nSPS) is 12.5. The lowest BCUT2D eigenvalue weighted by atomic mass is 9.76. The zero-order chi connectivity index (χ0) is 43.9. The number of ether oxygens (including phenoxy) is 1. The minimum atomic E-state index is -0.189. The molecule has 6 aromatic rings. The van der Waals surface area contributed by atoms with E-state index in [1.807, 2.05) is 41.5 Å². The fourth-order valence-corrected chi connectivity index (χ4v) is 9.55. The van der Waals surface area contributed by atoms with Crippen LogP contribution in [-0.4, -0.2) is 6.10 Å². The molecule has 0 aromatic heterocycles. The minimum absolute atomic E-state index is 0.115. The van der Waals surface area contributed by atoms with Crippen LogP contribution in [0.15, 0.2) is 76.2 Å². The molecular weight excluding hydrogens is 743 g/mol. The first-order chi connectivity index (χ1) is 28.5. The number of hydrogen-bond acceptors (Lipinski definition) is 7. The van der Waals surface area contributed by atoms with Crippen LogP contribution in [0.3, 0.4) is 0 Å². The van der Waals surface area contributed by atoms with E-state index < -0.39 is 0 Å². The van der Waals surface area contributed by atoms with Crippen LogP contribution < -0.4 is 4.74 Å². The zero-order valence-corrected chi connectivity index (χ0v) is 37.9. The predicted octanol–water partition coefficient (Wildman–Crippen LogP) is 15.7. The molecule has 7 nitrogen and oxygen atoms in total. The molecule has 0 fully saturated rings. The second-order valence-corrected chi connectivity index (χ2v) is 17.2. The number of nitroso groups, excluding NO2 is 3. The first-order valence-electron chi connectivity index (χ1n) is 21.1. The van der Waals surface area contributed by atoms with Gasteiger partial charge in [0.15, 0.2) is 0 Å². The average Bonchev–Trinajstić information content (AvgIpc) is 3.21. The van der Waals surface area contributed by atoms with Crippen molar-refractivity contribution in [2.24, 2.45) is 15.5 Å². The van der Waals surface area contributed by atoms with Crippen LogP contribution in [0.5, 0.6) is 5.75 Å². The summed E-state index contributed by atoms with van der Waals surface area (Å²) in [7, 11) is 0. The summed E-state index contributed by atoms with van der Waals surface area (Å²) in [6, 6.07) is 22.1. The summed E-state index contributed by atoms with van der Waals surface area (Å²) >= 11 is 0. The first-order valence-corrected chi connectivity index (χ1v) is 21.1. The maximum absolute atomic E-state index is 12.0. The molecule has 2 unspecified atom stereocenters. The highest BCUT2D eigenvalue weighted by Gasteiger charge is 2.29. The SMILES string of the molecule is CCCC(C)Oc1c(C)cc(C(c2ccc3cc(C(c4cc(C)c(N=O)c(C)c4C)c4cc(C)c(N=O)c(C)c4C)ccc3c2)c2cc(C)c(N=O)c(C)c2C)c(C)c1C. The Balaban J connectivity index is 1.59. The van der Waals surface area contributed by atoms with Crippen molar-refractivity contribution >= 4 is 27.8 Å². The molecule has 2 atom stereocenters. The molecule has 0 aliphatic carbocycles. The van der Waals surface area contributed by atoms with Gasteiger partial charge in [-0.15, -0.1) is 14.7 Å². The predicted molar refractivity (Wildman–Crippen MR) is 250 cm³/mol. The summed E-state index contributed by atoms with van der Waals surface area (Å²) in [5, 5.41) is 12.4. The maximum Gasteiger partial charge on any atom is 0.125 e. The van der Waals surface area contributed by atoms with Crippen LogP contribution in [0.1, 0.15) is 139 Å². The van der Waals surface area contributed by atoms with Crippen LogP contribution in [0.2, 0.25) is 0 Å². The molecule has 6 aromatic carbocycles. The Hall–Kier alpha value is -5.82. The van der Waals surface area contributed by atoms with Gasteiger partial charge in [-0.3, -0.25) is 0 Å². The quantitative estimate of drug-likeness (QED) is 0.0858. The van der Waals surface area contributed by atoms with Gasteiger partial charge in [0.25, 0.3) is 0 Å². The molecular formula is C53H59N3O4. The van der Waals surface area contributed by atoms with Gasteiger partial charge < -0.3 is 4.74 Å². The summed E-state index contributed by atoms with van der Waals surface area (Å²) in [5.41, 5.74) is 19.9. The minimum Gasteiger partial charge on any atom is -0.490 e. The van der Waals surface area contributed by atoms with E-state index in [2.05, 4.69) is 132 Å². The molecule has 0 saturated heterocycles. The third-order valence-corrected chi connectivity index (χ3v) is 13.4. The summed E-state index contributed by atoms with van der Waals surface area (Å²) in [6.07, 6.45) is 2.16. The molecule has 0 N–H and O–H groups in total. The van der Waals surface area contributed by atoms with Crippen molar-refractivity contribution in [1.82, 2.24) is 0 Å². The van der Waals surface area contributed by atoms with Gasteiger partial charge in [-0.25, -0.2) is 0 Å². The molecule has 0 bridgehead atoms. The third kappa shape index (κ3) is 7.71. The number of benzene rings is 6. The van der Waals surface area contributed by atoms with Crippen molar-refractivity contribution in [3.63, 3.8) is 0 Å². The van der Waals surface area contributed by atoms with E-state index >= 15 is 0 Å². The van der Waals surface area contributed by atoms with E-state index in [1.165, 1.54) is 11.1 Å². The van der Waals surface area contributed by atoms with Crippen LogP contribution >= 0.6 is 0 Å². The molecule has 0 heterocycles. The highest BCUT2D eigenvalue weighted by Crippen LogP contribution is 2.46. The van der Waals surface area contributed by atoms with Crippen molar-refractivity contribution in [2.45, 2.75) is 128 Å². The second kappa shape index (κ2) is 17.4. The number of fused-ring (bicyclic) bond motifs is 1. The highest BCUT2D eigenvalue weighted by molar-refractivity contribution is 5.85. The van der Waals surface area contributed by atoms with E-state index in [9.17, 15) is 14.7 Å². The first kappa shape index (κ1) is 43.8. The summed E-state index contributed by atoms with van der Waals surface area (Å²) in [5.74, 6) is 0.638. The van der Waals surface area contributed by atoms with E-state index in [-0.39, 0.29) is 17.9 Å². The lowest BCUT2D eigenvalue weighted by Gasteiger charge is -2.28. The molecule has 0 amide bonds. The Labute approximate surface area is 355 Å². The lowest BCUT2D eigenvalue weighted by Crippen LogP contribution is -2.15. The van der Waals surface area contributed by atoms with Gasteiger partial charge in [0.2, 0.25) is 0 Å². The Bertz CT molecular complexity index is 2640. The van der Waals surface area contributed by atoms with Gasteiger partial charge in [0, 0.05) is 11.8 Å². The number of aryl methyl sites for hydroxylation is 4. The molecule has 7 heteroatoms. The van der Waals surface area contributed by atoms with E-state index in [0.29, 0.717) is 17.1 Å². The maximum atomic E-state index is 12.0. The average molecular weight is 802 g/mol. The number of hydrogen-bond donors (Lipinski definition) is 0. The van der Waals surface area contributed by atoms with Crippen LogP contribution in [0, 0.1) is 97.8 Å². The summed E-state index contributed by atoms with van der Waals surface area (Å²) in [6.45, 7) is 28.8. The monoisotopic (exact) mass is 801 g/mol. The third-order valence-electron chi connectivity index (χ3n) is 13.4. The summed E-state index contributed by atoms with van der Waals surface area (Å²) < 4.78 is 6.57. The van der Waals surface area contributed by atoms with E-state index in [1.54, 1.807) is 0 Å². The number of nitrogens with zero attached hydrogens (tertiary/aromatic N) is 3. The molecule has 0 spiro atoms. The molecule has 0 aliphatic rings. The van der Waals surface area contributed by atoms with Gasteiger partial charge in [-0.1, -0.05) is 74.0 Å². The fourth-order valence-electron chi connectivity index (χ4n) is 9.55. The summed E-state index contributed by atoms with van der Waals surface area (Å²) in [4.78, 5) is 35.9. The Kier molecular flexibility index (Phi) is 12.7. The molecule has 60 heavy (non-hydrogen) atoms. The van der Waals surface area contributed by atoms with Gasteiger partial charge in [-0.05, 0) is 223 Å². The zero-order valence-electron chi connectivity index (χ0n) is 37.9. The Morgan fingerprint density at radius 1 is 0.450 bits per heavy atom. The second-order valence-electron chi connectivity index (χ2n) is 17.2. The molecule has 310 valence electrons. The van der Waals surface area contributed by atoms with Crippen molar-refractivity contribution < 1.29 is 4.74 Å². The van der Waals surface area contributed by atoms with Crippen molar-refractivity contribution in [1.29, 1.82) is 0 Å². The van der Waals surface area contributed by atoms with E-state index in [0.717, 1.165) is 118 Å². The topological polar surface area (TPSA) is 97.5 Å². The van der Waals surface area contributed by atoms with Gasteiger partial charge in [0.1, 0.15) is 22.8 Å². The molecule has 6 rings (SSSR count). The standard InChI is InChI=1S/C53H59N3O4/c1-15-16-31(6)60-53-30(5)24-47(35(10)39(53)14)49(46-23-29(4)52(56-59)38(13)34(46)9)43-20-18-40-25-42(19-17-41(40)26-43)48(44-21-27(2)50(54-57)36(11)32(44)7)45-22-28(3)51(55-58)37(12)33(45)8/h17-26,31,48-49H,15-16H2,1-14H3. The lowest BCUT2D eigenvalue weighted by molar-refractivity contribution is 0.207. The van der Waals surface area contributed by atoms with Crippen molar-refractivity contribution in [3.05, 3.63) is 176 Å². The molecule has 0 saturated carbocycles. The van der Waals surface area contributed by atoms with Crippen LogP contribution in [-0.2, 0) is 0 Å². The van der Waals surface area contributed by atoms with Gasteiger partial charge >= 0.3 is 0 Å². The van der Waals surface area contributed by atoms with Gasteiger partial charge in [-0.2, -0.15) is 0 Å². The van der Waals surface area contributed by atoms with E-state index in [4.69, 9.17) is 4.74 Å². The molecule has 0 radical (unpaired) electrons. The number of rotatable bonds is 13.